The fourth-order valence-corrected chi connectivity index (χ4v) is 3.37. The van der Waals surface area contributed by atoms with E-state index in [0.29, 0.717) is 43.4 Å². The number of aromatic nitrogens is 3. The molecule has 0 spiro atoms. The van der Waals surface area contributed by atoms with E-state index >= 15 is 0 Å². The molecular formula is C18H18F3N5O2. The number of pyridine rings is 1. The van der Waals surface area contributed by atoms with Gasteiger partial charge in [0.05, 0.1) is 24.3 Å². The van der Waals surface area contributed by atoms with Gasteiger partial charge in [0, 0.05) is 19.3 Å². The van der Waals surface area contributed by atoms with Gasteiger partial charge in [-0.3, -0.25) is 9.20 Å². The third-order valence-electron chi connectivity index (χ3n) is 4.80. The highest BCUT2D eigenvalue weighted by molar-refractivity contribution is 5.79. The molecule has 10 heteroatoms. The van der Waals surface area contributed by atoms with Crippen LogP contribution >= 0.6 is 0 Å². The smallest absolute Gasteiger partial charge is 0.417 e. The molecule has 0 aliphatic carbocycles. The summed E-state index contributed by atoms with van der Waals surface area (Å²) in [6, 6.07) is 5.79. The van der Waals surface area contributed by atoms with Crippen molar-refractivity contribution in [2.24, 2.45) is 5.92 Å². The molecule has 148 valence electrons. The maximum Gasteiger partial charge on any atom is 0.417 e. The molecule has 0 aromatic carbocycles. The number of amides is 1. The number of carbonyl (C=O) groups is 1. The summed E-state index contributed by atoms with van der Waals surface area (Å²) in [6.45, 7) is 1.26. The van der Waals surface area contributed by atoms with Crippen molar-refractivity contribution in [3.05, 3.63) is 48.0 Å². The summed E-state index contributed by atoms with van der Waals surface area (Å²) < 4.78 is 45.6. The van der Waals surface area contributed by atoms with E-state index in [4.69, 9.17) is 4.42 Å². The van der Waals surface area contributed by atoms with Crippen molar-refractivity contribution in [1.29, 1.82) is 0 Å². The number of furan rings is 1. The van der Waals surface area contributed by atoms with E-state index in [1.165, 1.54) is 16.7 Å². The van der Waals surface area contributed by atoms with Crippen LogP contribution in [0.4, 0.5) is 19.1 Å². The van der Waals surface area contributed by atoms with E-state index in [1.54, 1.807) is 17.0 Å². The topological polar surface area (TPSA) is 75.7 Å². The van der Waals surface area contributed by atoms with E-state index in [1.807, 2.05) is 0 Å². The number of fused-ring (bicyclic) bond motifs is 1. The van der Waals surface area contributed by atoms with E-state index < -0.39 is 11.7 Å². The van der Waals surface area contributed by atoms with Gasteiger partial charge in [0.2, 0.25) is 11.9 Å². The number of nitrogens with zero attached hydrogens (tertiary/aromatic N) is 4. The molecule has 7 nitrogen and oxygen atoms in total. The van der Waals surface area contributed by atoms with Crippen molar-refractivity contribution in [1.82, 2.24) is 19.9 Å². The molecule has 1 saturated heterocycles. The predicted octanol–water partition coefficient (Wildman–Crippen LogP) is 2.87. The van der Waals surface area contributed by atoms with Crippen molar-refractivity contribution < 1.29 is 22.4 Å². The summed E-state index contributed by atoms with van der Waals surface area (Å²) in [6.07, 6.45) is -0.496. The van der Waals surface area contributed by atoms with Crippen LogP contribution in [0.25, 0.3) is 5.65 Å². The Labute approximate surface area is 158 Å². The Morgan fingerprint density at radius 1 is 1.29 bits per heavy atom. The first-order valence-corrected chi connectivity index (χ1v) is 8.89. The Balaban J connectivity index is 1.50. The van der Waals surface area contributed by atoms with Gasteiger partial charge in [0.15, 0.2) is 5.65 Å². The SMILES string of the molecule is O=C(NCc1ccco1)C1CCCN(c2nnc3ccc(C(F)(F)F)cn23)C1. The van der Waals surface area contributed by atoms with Gasteiger partial charge >= 0.3 is 6.18 Å². The zero-order valence-electron chi connectivity index (χ0n) is 14.8. The minimum Gasteiger partial charge on any atom is -0.467 e. The summed E-state index contributed by atoms with van der Waals surface area (Å²) in [5.74, 6) is 0.557. The number of hydrogen-bond donors (Lipinski definition) is 1. The number of piperidine rings is 1. The first-order chi connectivity index (χ1) is 13.4. The van der Waals surface area contributed by atoms with Gasteiger partial charge in [-0.05, 0) is 37.1 Å². The summed E-state index contributed by atoms with van der Waals surface area (Å²) in [5.41, 5.74) is -0.446. The van der Waals surface area contributed by atoms with Crippen molar-refractivity contribution in [3.63, 3.8) is 0 Å². The average molecular weight is 393 g/mol. The Bertz CT molecular complexity index is 967. The molecule has 1 unspecified atom stereocenters. The minimum absolute atomic E-state index is 0.120. The van der Waals surface area contributed by atoms with Crippen molar-refractivity contribution in [3.8, 4) is 0 Å². The monoisotopic (exact) mass is 393 g/mol. The Hall–Kier alpha value is -3.04. The Morgan fingerprint density at radius 2 is 2.14 bits per heavy atom. The van der Waals surface area contributed by atoms with Gasteiger partial charge in [0.25, 0.3) is 0 Å². The van der Waals surface area contributed by atoms with E-state index in [-0.39, 0.29) is 11.8 Å². The van der Waals surface area contributed by atoms with Crippen LogP contribution in [0.3, 0.4) is 0 Å². The van der Waals surface area contributed by atoms with Crippen LogP contribution in [0.5, 0.6) is 0 Å². The highest BCUT2D eigenvalue weighted by Crippen LogP contribution is 2.30. The van der Waals surface area contributed by atoms with E-state index in [9.17, 15) is 18.0 Å². The lowest BCUT2D eigenvalue weighted by Crippen LogP contribution is -2.43. The van der Waals surface area contributed by atoms with Crippen molar-refractivity contribution in [2.75, 3.05) is 18.0 Å². The zero-order chi connectivity index (χ0) is 19.7. The highest BCUT2D eigenvalue weighted by atomic mass is 19.4. The number of alkyl halides is 3. The van der Waals surface area contributed by atoms with Crippen LogP contribution in [0, 0.1) is 5.92 Å². The van der Waals surface area contributed by atoms with Crippen LogP contribution < -0.4 is 10.2 Å². The molecule has 1 amide bonds. The van der Waals surface area contributed by atoms with Gasteiger partial charge < -0.3 is 14.6 Å². The first-order valence-electron chi connectivity index (χ1n) is 8.89. The van der Waals surface area contributed by atoms with Gasteiger partial charge in [-0.2, -0.15) is 13.2 Å². The number of halogens is 3. The van der Waals surface area contributed by atoms with E-state index in [0.717, 1.165) is 18.7 Å². The number of carbonyl (C=O) groups excluding carboxylic acids is 1. The normalized spacial score (nSPS) is 17.8. The van der Waals surface area contributed by atoms with Crippen LogP contribution in [0.2, 0.25) is 0 Å². The summed E-state index contributed by atoms with van der Waals surface area (Å²) in [7, 11) is 0. The average Bonchev–Trinajstić information content (AvgIpc) is 3.34. The lowest BCUT2D eigenvalue weighted by atomic mass is 9.97. The number of anilines is 1. The van der Waals surface area contributed by atoms with Crippen molar-refractivity contribution >= 4 is 17.5 Å². The van der Waals surface area contributed by atoms with Gasteiger partial charge in [0.1, 0.15) is 5.76 Å². The molecule has 1 fully saturated rings. The second-order valence-corrected chi connectivity index (χ2v) is 6.73. The molecule has 0 bridgehead atoms. The molecule has 0 saturated carbocycles. The maximum atomic E-state index is 13.0. The molecule has 4 rings (SSSR count). The molecule has 4 heterocycles. The summed E-state index contributed by atoms with van der Waals surface area (Å²) in [5, 5.41) is 10.8. The van der Waals surface area contributed by atoms with Crippen LogP contribution in [-0.2, 0) is 17.5 Å². The molecule has 1 aliphatic heterocycles. The van der Waals surface area contributed by atoms with Crippen LogP contribution in [0.1, 0.15) is 24.2 Å². The molecule has 28 heavy (non-hydrogen) atoms. The lowest BCUT2D eigenvalue weighted by molar-refractivity contribution is -0.137. The van der Waals surface area contributed by atoms with Crippen LogP contribution in [0.15, 0.2) is 41.1 Å². The van der Waals surface area contributed by atoms with Crippen molar-refractivity contribution in [2.45, 2.75) is 25.6 Å². The molecule has 3 aromatic heterocycles. The minimum atomic E-state index is -4.45. The quantitative estimate of drug-likeness (QED) is 0.738. The Kier molecular flexibility index (Phi) is 4.70. The second kappa shape index (κ2) is 7.17. The molecule has 0 radical (unpaired) electrons. The third kappa shape index (κ3) is 3.67. The predicted molar refractivity (Wildman–Crippen MR) is 93.5 cm³/mol. The Morgan fingerprint density at radius 3 is 2.89 bits per heavy atom. The molecule has 1 N–H and O–H groups in total. The third-order valence-corrected chi connectivity index (χ3v) is 4.80. The van der Waals surface area contributed by atoms with E-state index in [2.05, 4.69) is 15.5 Å². The number of rotatable bonds is 4. The lowest BCUT2D eigenvalue weighted by Gasteiger charge is -2.32. The van der Waals surface area contributed by atoms with Crippen LogP contribution in [-0.4, -0.2) is 33.6 Å². The number of hydrogen-bond acceptors (Lipinski definition) is 5. The highest BCUT2D eigenvalue weighted by Gasteiger charge is 2.32. The second-order valence-electron chi connectivity index (χ2n) is 6.73. The fourth-order valence-electron chi connectivity index (χ4n) is 3.37. The molecule has 1 aliphatic rings. The molecular weight excluding hydrogens is 375 g/mol. The standard InChI is InChI=1S/C18H18F3N5O2/c19-18(20,21)13-5-6-15-23-24-17(26(15)11-13)25-7-1-3-12(10-25)16(27)22-9-14-4-2-8-28-14/h2,4-6,8,11-12H,1,3,7,9-10H2,(H,22,27). The van der Waals surface area contributed by atoms with Gasteiger partial charge in [-0.1, -0.05) is 0 Å². The van der Waals surface area contributed by atoms with Gasteiger partial charge in [-0.25, -0.2) is 0 Å². The van der Waals surface area contributed by atoms with Gasteiger partial charge in [-0.15, -0.1) is 10.2 Å². The molecule has 3 aromatic rings. The molecule has 1 atom stereocenters. The summed E-state index contributed by atoms with van der Waals surface area (Å²) >= 11 is 0. The maximum absolute atomic E-state index is 13.0. The number of nitrogens with one attached hydrogen (secondary N) is 1. The summed E-state index contributed by atoms with van der Waals surface area (Å²) in [4.78, 5) is 14.3. The zero-order valence-corrected chi connectivity index (χ0v) is 14.8. The largest absolute Gasteiger partial charge is 0.467 e. The fraction of sp³-hybridized carbons (Fsp3) is 0.389. The first kappa shape index (κ1) is 18.3.